The smallest absolute Gasteiger partial charge is 0.236 e. The van der Waals surface area contributed by atoms with Gasteiger partial charge in [-0.3, -0.25) is 9.69 Å². The van der Waals surface area contributed by atoms with Crippen molar-refractivity contribution in [2.45, 2.75) is 26.3 Å². The molecule has 0 aromatic carbocycles. The van der Waals surface area contributed by atoms with E-state index in [1.807, 2.05) is 4.90 Å². The van der Waals surface area contributed by atoms with E-state index in [1.54, 1.807) is 13.8 Å². The number of oxime groups is 1. The van der Waals surface area contributed by atoms with E-state index in [-0.39, 0.29) is 11.7 Å². The van der Waals surface area contributed by atoms with Crippen molar-refractivity contribution in [1.82, 2.24) is 9.80 Å². The number of morpholine rings is 1. The maximum atomic E-state index is 12.5. The Kier molecular flexibility index (Phi) is 4.49. The molecule has 2 heterocycles. The summed E-state index contributed by atoms with van der Waals surface area (Å²) in [5.74, 6) is -0.124. The molecule has 2 saturated heterocycles. The van der Waals surface area contributed by atoms with E-state index < -0.39 is 5.41 Å². The molecule has 2 aliphatic rings. The van der Waals surface area contributed by atoms with Gasteiger partial charge in [0.15, 0.2) is 5.84 Å². The first-order chi connectivity index (χ1) is 9.46. The molecule has 0 aliphatic carbocycles. The molecule has 20 heavy (non-hydrogen) atoms. The molecule has 7 nitrogen and oxygen atoms in total. The lowest BCUT2D eigenvalue weighted by atomic mass is 9.90. The van der Waals surface area contributed by atoms with Crippen LogP contribution in [0.5, 0.6) is 0 Å². The minimum Gasteiger partial charge on any atom is -0.409 e. The molecular weight excluding hydrogens is 260 g/mol. The lowest BCUT2D eigenvalue weighted by molar-refractivity contribution is -0.136. The van der Waals surface area contributed by atoms with E-state index in [0.717, 1.165) is 39.3 Å². The van der Waals surface area contributed by atoms with Crippen molar-refractivity contribution in [3.05, 3.63) is 0 Å². The van der Waals surface area contributed by atoms with Crippen molar-refractivity contribution >= 4 is 11.7 Å². The van der Waals surface area contributed by atoms with Crippen molar-refractivity contribution in [2.75, 3.05) is 39.4 Å². The summed E-state index contributed by atoms with van der Waals surface area (Å²) in [5.41, 5.74) is 4.66. The summed E-state index contributed by atoms with van der Waals surface area (Å²) in [4.78, 5) is 16.7. The van der Waals surface area contributed by atoms with Gasteiger partial charge in [0.1, 0.15) is 5.41 Å². The molecule has 0 spiro atoms. The minimum absolute atomic E-state index is 0.0441. The van der Waals surface area contributed by atoms with Gasteiger partial charge < -0.3 is 20.6 Å². The molecule has 3 N–H and O–H groups in total. The summed E-state index contributed by atoms with van der Waals surface area (Å²) in [6, 6.07) is 0.394. The predicted molar refractivity (Wildman–Crippen MR) is 74.6 cm³/mol. The summed E-state index contributed by atoms with van der Waals surface area (Å²) >= 11 is 0. The third-order valence-electron chi connectivity index (χ3n) is 4.30. The zero-order chi connectivity index (χ0) is 14.8. The fraction of sp³-hybridized carbons (Fsp3) is 0.846. The number of nitrogens with two attached hydrogens (primary N) is 1. The summed E-state index contributed by atoms with van der Waals surface area (Å²) in [7, 11) is 0. The van der Waals surface area contributed by atoms with Gasteiger partial charge in [0, 0.05) is 32.2 Å². The highest BCUT2D eigenvalue weighted by atomic mass is 16.5. The van der Waals surface area contributed by atoms with Gasteiger partial charge in [-0.2, -0.15) is 0 Å². The van der Waals surface area contributed by atoms with Gasteiger partial charge in [-0.1, -0.05) is 5.16 Å². The molecule has 0 saturated carbocycles. The molecule has 1 amide bonds. The van der Waals surface area contributed by atoms with Crippen molar-refractivity contribution in [3.63, 3.8) is 0 Å². The number of rotatable bonds is 3. The third kappa shape index (κ3) is 2.88. The van der Waals surface area contributed by atoms with E-state index in [0.29, 0.717) is 12.6 Å². The monoisotopic (exact) mass is 284 g/mol. The van der Waals surface area contributed by atoms with E-state index in [4.69, 9.17) is 15.7 Å². The van der Waals surface area contributed by atoms with E-state index >= 15 is 0 Å². The number of amides is 1. The van der Waals surface area contributed by atoms with Gasteiger partial charge in [0.2, 0.25) is 5.91 Å². The first-order valence-corrected chi connectivity index (χ1v) is 7.06. The van der Waals surface area contributed by atoms with Crippen LogP contribution in [-0.2, 0) is 9.53 Å². The molecule has 2 rings (SSSR count). The zero-order valence-corrected chi connectivity index (χ0v) is 12.2. The second kappa shape index (κ2) is 5.97. The Hall–Kier alpha value is -1.34. The van der Waals surface area contributed by atoms with Gasteiger partial charge in [0.25, 0.3) is 0 Å². The maximum Gasteiger partial charge on any atom is 0.236 e. The van der Waals surface area contributed by atoms with Crippen LogP contribution in [0.25, 0.3) is 0 Å². The molecule has 0 bridgehead atoms. The molecule has 2 aliphatic heterocycles. The highest BCUT2D eigenvalue weighted by Gasteiger charge is 2.40. The first kappa shape index (κ1) is 15.1. The van der Waals surface area contributed by atoms with Crippen LogP contribution in [0.15, 0.2) is 5.16 Å². The Morgan fingerprint density at radius 1 is 1.35 bits per heavy atom. The third-order valence-corrected chi connectivity index (χ3v) is 4.30. The molecule has 2 fully saturated rings. The summed E-state index contributed by atoms with van der Waals surface area (Å²) in [5, 5.41) is 11.8. The van der Waals surface area contributed by atoms with Gasteiger partial charge in [0.05, 0.1) is 13.2 Å². The Morgan fingerprint density at radius 2 is 2.00 bits per heavy atom. The lowest BCUT2D eigenvalue weighted by Crippen LogP contribution is -2.49. The van der Waals surface area contributed by atoms with Crippen molar-refractivity contribution in [1.29, 1.82) is 0 Å². The number of nitrogens with zero attached hydrogens (tertiary/aromatic N) is 3. The van der Waals surface area contributed by atoms with Crippen LogP contribution < -0.4 is 5.73 Å². The molecule has 1 atom stereocenters. The number of ether oxygens (including phenoxy) is 1. The number of carbonyl (C=O) groups is 1. The largest absolute Gasteiger partial charge is 0.409 e. The SMILES string of the molecule is CC(C)(C(=O)N1CCC(N2CCOCC2)C1)C(N)=NO. The standard InChI is InChI=1S/C13H24N4O3/c1-13(2,11(14)15-19)12(18)17-4-3-10(9-17)16-5-7-20-8-6-16/h10,19H,3-9H2,1-2H3,(H2,14,15). The van der Waals surface area contributed by atoms with Crippen LogP contribution in [0.4, 0.5) is 0 Å². The quantitative estimate of drug-likeness (QED) is 0.321. The van der Waals surface area contributed by atoms with E-state index in [1.165, 1.54) is 0 Å². The van der Waals surface area contributed by atoms with Crippen LogP contribution in [0.2, 0.25) is 0 Å². The van der Waals surface area contributed by atoms with Crippen molar-refractivity contribution < 1.29 is 14.7 Å². The molecule has 1 unspecified atom stereocenters. The second-order valence-electron chi connectivity index (χ2n) is 5.95. The number of carbonyl (C=O) groups excluding carboxylic acids is 1. The summed E-state index contributed by atoms with van der Waals surface area (Å²) in [6.45, 7) is 8.19. The van der Waals surface area contributed by atoms with Crippen LogP contribution in [0, 0.1) is 5.41 Å². The maximum absolute atomic E-state index is 12.5. The number of hydrogen-bond donors (Lipinski definition) is 2. The molecule has 7 heteroatoms. The van der Waals surface area contributed by atoms with Crippen LogP contribution >= 0.6 is 0 Å². The summed E-state index contributed by atoms with van der Waals surface area (Å²) in [6.07, 6.45) is 0.970. The number of hydrogen-bond acceptors (Lipinski definition) is 5. The Morgan fingerprint density at radius 3 is 2.60 bits per heavy atom. The molecule has 0 radical (unpaired) electrons. The topological polar surface area (TPSA) is 91.4 Å². The van der Waals surface area contributed by atoms with Gasteiger partial charge in [-0.15, -0.1) is 0 Å². The van der Waals surface area contributed by atoms with Crippen LogP contribution in [0.1, 0.15) is 20.3 Å². The molecular formula is C13H24N4O3. The van der Waals surface area contributed by atoms with Gasteiger partial charge in [-0.05, 0) is 20.3 Å². The molecule has 114 valence electrons. The van der Waals surface area contributed by atoms with E-state index in [2.05, 4.69) is 10.1 Å². The second-order valence-corrected chi connectivity index (χ2v) is 5.95. The highest BCUT2D eigenvalue weighted by Crippen LogP contribution is 2.24. The Labute approximate surface area is 119 Å². The predicted octanol–water partition coefficient (Wildman–Crippen LogP) is -0.308. The van der Waals surface area contributed by atoms with E-state index in [9.17, 15) is 4.79 Å². The summed E-state index contributed by atoms with van der Waals surface area (Å²) < 4.78 is 5.35. The number of amidine groups is 1. The number of likely N-dealkylation sites (tertiary alicyclic amines) is 1. The van der Waals surface area contributed by atoms with Crippen LogP contribution in [0.3, 0.4) is 0 Å². The molecule has 0 aromatic rings. The minimum atomic E-state index is -0.964. The van der Waals surface area contributed by atoms with Gasteiger partial charge in [-0.25, -0.2) is 0 Å². The Balaban J connectivity index is 1.96. The van der Waals surface area contributed by atoms with Gasteiger partial charge >= 0.3 is 0 Å². The zero-order valence-electron chi connectivity index (χ0n) is 12.2. The van der Waals surface area contributed by atoms with Crippen molar-refractivity contribution in [2.24, 2.45) is 16.3 Å². The van der Waals surface area contributed by atoms with Crippen molar-refractivity contribution in [3.8, 4) is 0 Å². The fourth-order valence-electron chi connectivity index (χ4n) is 2.80. The van der Waals surface area contributed by atoms with Crippen LogP contribution in [-0.4, -0.2) is 72.2 Å². The normalized spacial score (nSPS) is 26.0. The highest BCUT2D eigenvalue weighted by molar-refractivity contribution is 6.05. The molecule has 0 aromatic heterocycles. The average Bonchev–Trinajstić information content (AvgIpc) is 2.96. The lowest BCUT2D eigenvalue weighted by Gasteiger charge is -2.33. The average molecular weight is 284 g/mol. The first-order valence-electron chi connectivity index (χ1n) is 7.06. The Bertz CT molecular complexity index is 391. The fourth-order valence-corrected chi connectivity index (χ4v) is 2.80.